The van der Waals surface area contributed by atoms with E-state index in [1.54, 1.807) is 0 Å². The van der Waals surface area contributed by atoms with Crippen molar-refractivity contribution in [1.29, 1.82) is 0 Å². The number of rotatable bonds is 9. The van der Waals surface area contributed by atoms with Crippen LogP contribution in [-0.4, -0.2) is 49.3 Å². The molecule has 2 aromatic carbocycles. The van der Waals surface area contributed by atoms with Gasteiger partial charge in [0.15, 0.2) is 12.2 Å². The molecular formula is C22H24N2O8. The topological polar surface area (TPSA) is 157 Å². The Morgan fingerprint density at radius 2 is 0.969 bits per heavy atom. The number of esters is 4. The van der Waals surface area contributed by atoms with E-state index >= 15 is 0 Å². The van der Waals surface area contributed by atoms with Crippen LogP contribution in [0.3, 0.4) is 0 Å². The summed E-state index contributed by atoms with van der Waals surface area (Å²) in [7, 11) is 0. The molecule has 0 aliphatic carbocycles. The van der Waals surface area contributed by atoms with Crippen molar-refractivity contribution >= 4 is 35.3 Å². The number of anilines is 2. The molecule has 0 aromatic heterocycles. The fraction of sp³-hybridized carbons (Fsp3) is 0.273. The van der Waals surface area contributed by atoms with Crippen LogP contribution in [-0.2, 0) is 28.5 Å². The van der Waals surface area contributed by atoms with Gasteiger partial charge in [0.1, 0.15) is 13.2 Å². The maximum atomic E-state index is 12.0. The van der Waals surface area contributed by atoms with Gasteiger partial charge in [-0.2, -0.15) is 0 Å². The number of carbonyl (C=O) groups excluding carboxylic acids is 4. The van der Waals surface area contributed by atoms with Crippen molar-refractivity contribution < 1.29 is 38.1 Å². The molecule has 0 saturated carbocycles. The molecule has 2 aromatic rings. The molecule has 2 rings (SSSR count). The molecule has 0 spiro atoms. The van der Waals surface area contributed by atoms with Gasteiger partial charge in [-0.1, -0.05) is 0 Å². The molecule has 4 N–H and O–H groups in total. The Labute approximate surface area is 184 Å². The van der Waals surface area contributed by atoms with Crippen molar-refractivity contribution in [2.45, 2.75) is 26.1 Å². The Balaban J connectivity index is 1.68. The summed E-state index contributed by atoms with van der Waals surface area (Å²) in [5, 5.41) is 0. The van der Waals surface area contributed by atoms with E-state index in [1.807, 2.05) is 0 Å². The fourth-order valence-electron chi connectivity index (χ4n) is 2.31. The van der Waals surface area contributed by atoms with Crippen LogP contribution in [0.4, 0.5) is 11.4 Å². The van der Waals surface area contributed by atoms with Crippen molar-refractivity contribution in [3.05, 3.63) is 59.7 Å². The Bertz CT molecular complexity index is 877. The van der Waals surface area contributed by atoms with Gasteiger partial charge in [-0.3, -0.25) is 0 Å². The number of benzene rings is 2. The molecule has 0 aliphatic heterocycles. The Morgan fingerprint density at radius 3 is 1.28 bits per heavy atom. The van der Waals surface area contributed by atoms with Crippen molar-refractivity contribution in [3.63, 3.8) is 0 Å². The zero-order valence-corrected chi connectivity index (χ0v) is 17.6. The summed E-state index contributed by atoms with van der Waals surface area (Å²) in [5.74, 6) is -3.05. The lowest BCUT2D eigenvalue weighted by Crippen LogP contribution is -2.29. The van der Waals surface area contributed by atoms with Crippen LogP contribution in [0.15, 0.2) is 48.5 Å². The Hall–Kier alpha value is -4.08. The summed E-state index contributed by atoms with van der Waals surface area (Å²) < 4.78 is 19.9. The third-order valence-electron chi connectivity index (χ3n) is 4.10. The van der Waals surface area contributed by atoms with Gasteiger partial charge in [0.2, 0.25) is 0 Å². The van der Waals surface area contributed by atoms with Gasteiger partial charge in [0.25, 0.3) is 0 Å². The van der Waals surface area contributed by atoms with Gasteiger partial charge in [0.05, 0.1) is 11.1 Å². The van der Waals surface area contributed by atoms with Crippen LogP contribution in [0.5, 0.6) is 0 Å². The van der Waals surface area contributed by atoms with E-state index in [0.29, 0.717) is 11.4 Å². The summed E-state index contributed by atoms with van der Waals surface area (Å²) in [4.78, 5) is 47.8. The van der Waals surface area contributed by atoms with E-state index in [0.717, 1.165) is 0 Å². The third kappa shape index (κ3) is 7.31. The van der Waals surface area contributed by atoms with Gasteiger partial charge < -0.3 is 30.4 Å². The number of nitrogens with two attached hydrogens (primary N) is 2. The SMILES string of the molecule is CC(OC(=O)c1ccc(N)cc1)C(=O)OCCOC(=O)C(C)OC(=O)c1ccc(N)cc1. The van der Waals surface area contributed by atoms with Crippen molar-refractivity contribution in [2.75, 3.05) is 24.7 Å². The van der Waals surface area contributed by atoms with Gasteiger partial charge in [-0.05, 0) is 62.4 Å². The van der Waals surface area contributed by atoms with Crippen LogP contribution in [0.1, 0.15) is 34.6 Å². The lowest BCUT2D eigenvalue weighted by atomic mass is 10.2. The number of hydrogen-bond acceptors (Lipinski definition) is 10. The highest BCUT2D eigenvalue weighted by Crippen LogP contribution is 2.10. The highest BCUT2D eigenvalue weighted by molar-refractivity contribution is 5.92. The van der Waals surface area contributed by atoms with E-state index in [2.05, 4.69) is 0 Å². The average Bonchev–Trinajstić information content (AvgIpc) is 2.77. The molecule has 0 fully saturated rings. The van der Waals surface area contributed by atoms with Crippen LogP contribution >= 0.6 is 0 Å². The Kier molecular flexibility index (Phi) is 8.58. The molecular weight excluding hydrogens is 420 g/mol. The smallest absolute Gasteiger partial charge is 0.347 e. The summed E-state index contributed by atoms with van der Waals surface area (Å²) >= 11 is 0. The normalized spacial score (nSPS) is 12.2. The predicted molar refractivity (Wildman–Crippen MR) is 113 cm³/mol. The van der Waals surface area contributed by atoms with Crippen LogP contribution in [0.2, 0.25) is 0 Å². The molecule has 0 aliphatic rings. The summed E-state index contributed by atoms with van der Waals surface area (Å²) in [5.41, 5.74) is 12.5. The van der Waals surface area contributed by atoms with E-state index in [9.17, 15) is 19.2 Å². The van der Waals surface area contributed by atoms with Crippen LogP contribution < -0.4 is 11.5 Å². The van der Waals surface area contributed by atoms with E-state index in [1.165, 1.54) is 62.4 Å². The quantitative estimate of drug-likeness (QED) is 0.252. The molecule has 0 saturated heterocycles. The molecule has 10 nitrogen and oxygen atoms in total. The lowest BCUT2D eigenvalue weighted by molar-refractivity contribution is -0.161. The minimum Gasteiger partial charge on any atom is -0.459 e. The highest BCUT2D eigenvalue weighted by Gasteiger charge is 2.22. The summed E-state index contributed by atoms with van der Waals surface area (Å²) in [6.45, 7) is 2.16. The molecule has 0 heterocycles. The standard InChI is InChI=1S/C22H24N2O8/c1-13(31-21(27)15-3-7-17(23)8-4-15)19(25)29-11-12-30-20(26)14(2)32-22(28)16-5-9-18(24)10-6-16/h3-10,13-14H,11-12,23-24H2,1-2H3. The number of carbonyl (C=O) groups is 4. The maximum absolute atomic E-state index is 12.0. The average molecular weight is 444 g/mol. The third-order valence-corrected chi connectivity index (χ3v) is 4.10. The zero-order chi connectivity index (χ0) is 23.7. The monoisotopic (exact) mass is 444 g/mol. The van der Waals surface area contributed by atoms with Gasteiger partial charge in [-0.25, -0.2) is 19.2 Å². The molecule has 170 valence electrons. The zero-order valence-electron chi connectivity index (χ0n) is 17.6. The van der Waals surface area contributed by atoms with E-state index in [-0.39, 0.29) is 24.3 Å². The van der Waals surface area contributed by atoms with Crippen molar-refractivity contribution in [2.24, 2.45) is 0 Å². The first-order valence-electron chi connectivity index (χ1n) is 9.63. The van der Waals surface area contributed by atoms with Crippen molar-refractivity contribution in [3.8, 4) is 0 Å². The van der Waals surface area contributed by atoms with Gasteiger partial charge in [0, 0.05) is 11.4 Å². The molecule has 2 unspecified atom stereocenters. The largest absolute Gasteiger partial charge is 0.459 e. The molecule has 0 amide bonds. The number of ether oxygens (including phenoxy) is 4. The second-order valence-corrected chi connectivity index (χ2v) is 6.67. The number of nitrogen functional groups attached to an aromatic ring is 2. The van der Waals surface area contributed by atoms with Gasteiger partial charge >= 0.3 is 23.9 Å². The predicted octanol–water partition coefficient (Wildman–Crippen LogP) is 1.73. The minimum absolute atomic E-state index is 0.232. The fourth-order valence-corrected chi connectivity index (χ4v) is 2.31. The Morgan fingerprint density at radius 1 is 0.656 bits per heavy atom. The minimum atomic E-state index is -1.17. The summed E-state index contributed by atoms with van der Waals surface area (Å²) in [6, 6.07) is 12.0. The first kappa shape index (κ1) is 24.2. The van der Waals surface area contributed by atoms with Crippen molar-refractivity contribution in [1.82, 2.24) is 0 Å². The molecule has 2 atom stereocenters. The molecule has 32 heavy (non-hydrogen) atoms. The van der Waals surface area contributed by atoms with Gasteiger partial charge in [-0.15, -0.1) is 0 Å². The molecule has 10 heteroatoms. The highest BCUT2D eigenvalue weighted by atomic mass is 16.6. The van der Waals surface area contributed by atoms with Crippen LogP contribution in [0, 0.1) is 0 Å². The van der Waals surface area contributed by atoms with E-state index in [4.69, 9.17) is 30.4 Å². The molecule has 0 bridgehead atoms. The maximum Gasteiger partial charge on any atom is 0.347 e. The first-order valence-corrected chi connectivity index (χ1v) is 9.63. The van der Waals surface area contributed by atoms with E-state index < -0.39 is 36.1 Å². The molecule has 0 radical (unpaired) electrons. The second kappa shape index (κ2) is 11.3. The summed E-state index contributed by atoms with van der Waals surface area (Å²) in [6.07, 6.45) is -2.34. The lowest BCUT2D eigenvalue weighted by Gasteiger charge is -2.14. The first-order chi connectivity index (χ1) is 15.2. The number of hydrogen-bond donors (Lipinski definition) is 2. The second-order valence-electron chi connectivity index (χ2n) is 6.67. The van der Waals surface area contributed by atoms with Crippen LogP contribution in [0.25, 0.3) is 0 Å².